The zero-order valence-electron chi connectivity index (χ0n) is 9.59. The summed E-state index contributed by atoms with van der Waals surface area (Å²) in [7, 11) is -1.28. The molecule has 17 heavy (non-hydrogen) atoms. The molecule has 0 aliphatic carbocycles. The van der Waals surface area contributed by atoms with Gasteiger partial charge in [0.25, 0.3) is 0 Å². The molecule has 1 aromatic heterocycles. The van der Waals surface area contributed by atoms with E-state index in [9.17, 15) is 8.42 Å². The zero-order valence-corrected chi connectivity index (χ0v) is 10.4. The quantitative estimate of drug-likeness (QED) is 0.848. The largest absolute Gasteiger partial charge is 0.481 e. The van der Waals surface area contributed by atoms with Crippen molar-refractivity contribution >= 4 is 15.7 Å². The highest BCUT2D eigenvalue weighted by Crippen LogP contribution is 2.18. The summed E-state index contributed by atoms with van der Waals surface area (Å²) in [4.78, 5) is 7.97. The Balaban J connectivity index is 1.97. The van der Waals surface area contributed by atoms with E-state index in [0.717, 1.165) is 0 Å². The van der Waals surface area contributed by atoms with Gasteiger partial charge in [0.15, 0.2) is 0 Å². The topological polar surface area (TPSA) is 81.2 Å². The average molecular weight is 257 g/mol. The first-order valence-electron chi connectivity index (χ1n) is 5.42. The summed E-state index contributed by atoms with van der Waals surface area (Å²) in [5, 5.41) is 3.20. The Labute approximate surface area is 100 Å². The van der Waals surface area contributed by atoms with Gasteiger partial charge in [0.2, 0.25) is 5.88 Å². The highest BCUT2D eigenvalue weighted by atomic mass is 32.2. The number of aromatic nitrogens is 2. The molecule has 0 atom stereocenters. The van der Waals surface area contributed by atoms with Crippen LogP contribution in [0.4, 0.5) is 5.82 Å². The van der Waals surface area contributed by atoms with Gasteiger partial charge < -0.3 is 10.1 Å². The van der Waals surface area contributed by atoms with Crippen LogP contribution in [0.1, 0.15) is 12.8 Å². The minimum Gasteiger partial charge on any atom is -0.481 e. The summed E-state index contributed by atoms with van der Waals surface area (Å²) in [6, 6.07) is 1.85. The van der Waals surface area contributed by atoms with Crippen molar-refractivity contribution in [3.05, 3.63) is 12.4 Å². The minimum atomic E-state index is -2.82. The molecule has 0 saturated carbocycles. The van der Waals surface area contributed by atoms with Gasteiger partial charge in [0, 0.05) is 12.1 Å². The number of rotatable bonds is 3. The van der Waals surface area contributed by atoms with Gasteiger partial charge in [-0.25, -0.2) is 18.4 Å². The van der Waals surface area contributed by atoms with Crippen LogP contribution in [-0.2, 0) is 9.84 Å². The van der Waals surface area contributed by atoms with Crippen LogP contribution in [0.5, 0.6) is 5.88 Å². The fraction of sp³-hybridized carbons (Fsp3) is 0.600. The standard InChI is InChI=1S/C10H15N3O3S/c1-16-10-6-9(11-7-12-10)13-8-2-4-17(14,15)5-3-8/h6-8H,2-5H2,1H3,(H,11,12,13). The van der Waals surface area contributed by atoms with Crippen LogP contribution in [0.15, 0.2) is 12.4 Å². The smallest absolute Gasteiger partial charge is 0.218 e. The van der Waals surface area contributed by atoms with Gasteiger partial charge in [-0.1, -0.05) is 0 Å². The van der Waals surface area contributed by atoms with Gasteiger partial charge in [0.1, 0.15) is 22.0 Å². The summed E-state index contributed by atoms with van der Waals surface area (Å²) >= 11 is 0. The number of hydrogen-bond donors (Lipinski definition) is 1. The van der Waals surface area contributed by atoms with Gasteiger partial charge in [0.05, 0.1) is 18.6 Å². The van der Waals surface area contributed by atoms with Crippen molar-refractivity contribution in [2.75, 3.05) is 23.9 Å². The fourth-order valence-corrected chi connectivity index (χ4v) is 3.26. The monoisotopic (exact) mass is 257 g/mol. The van der Waals surface area contributed by atoms with Crippen LogP contribution in [-0.4, -0.2) is 43.0 Å². The Hall–Kier alpha value is -1.37. The molecule has 6 nitrogen and oxygen atoms in total. The van der Waals surface area contributed by atoms with E-state index in [1.807, 2.05) is 0 Å². The number of methoxy groups -OCH3 is 1. The molecule has 0 aromatic carbocycles. The molecule has 1 saturated heterocycles. The summed E-state index contributed by atoms with van der Waals surface area (Å²) in [6.45, 7) is 0. The molecular formula is C10H15N3O3S. The van der Waals surface area contributed by atoms with E-state index in [1.165, 1.54) is 6.33 Å². The van der Waals surface area contributed by atoms with E-state index in [2.05, 4.69) is 15.3 Å². The van der Waals surface area contributed by atoms with E-state index in [0.29, 0.717) is 24.5 Å². The molecule has 94 valence electrons. The Kier molecular flexibility index (Phi) is 3.46. The predicted octanol–water partition coefficient (Wildman–Crippen LogP) is 0.474. The normalized spacial score (nSPS) is 19.8. The number of nitrogens with zero attached hydrogens (tertiary/aromatic N) is 2. The summed E-state index contributed by atoms with van der Waals surface area (Å²) < 4.78 is 27.5. The number of ether oxygens (including phenoxy) is 1. The molecule has 1 fully saturated rings. The van der Waals surface area contributed by atoms with E-state index in [1.54, 1.807) is 13.2 Å². The van der Waals surface area contributed by atoms with Crippen molar-refractivity contribution in [3.63, 3.8) is 0 Å². The summed E-state index contributed by atoms with van der Waals surface area (Å²) in [6.07, 6.45) is 2.66. The maximum atomic E-state index is 11.3. The lowest BCUT2D eigenvalue weighted by Crippen LogP contribution is -2.32. The van der Waals surface area contributed by atoms with Crippen LogP contribution < -0.4 is 10.1 Å². The van der Waals surface area contributed by atoms with E-state index in [-0.39, 0.29) is 17.5 Å². The molecule has 0 amide bonds. The van der Waals surface area contributed by atoms with Crippen molar-refractivity contribution in [3.8, 4) is 5.88 Å². The molecule has 2 rings (SSSR count). The number of nitrogens with one attached hydrogen (secondary N) is 1. The first-order chi connectivity index (χ1) is 8.09. The Morgan fingerprint density at radius 1 is 1.35 bits per heavy atom. The van der Waals surface area contributed by atoms with Crippen LogP contribution >= 0.6 is 0 Å². The maximum absolute atomic E-state index is 11.3. The summed E-state index contributed by atoms with van der Waals surface area (Å²) in [5.41, 5.74) is 0. The number of hydrogen-bond acceptors (Lipinski definition) is 6. The maximum Gasteiger partial charge on any atom is 0.218 e. The van der Waals surface area contributed by atoms with Gasteiger partial charge >= 0.3 is 0 Å². The molecule has 1 N–H and O–H groups in total. The molecule has 0 unspecified atom stereocenters. The van der Waals surface area contributed by atoms with E-state index < -0.39 is 9.84 Å². The molecule has 0 spiro atoms. The lowest BCUT2D eigenvalue weighted by Gasteiger charge is -2.23. The van der Waals surface area contributed by atoms with Gasteiger partial charge in [-0.05, 0) is 12.8 Å². The second-order valence-corrected chi connectivity index (χ2v) is 6.32. The van der Waals surface area contributed by atoms with E-state index in [4.69, 9.17) is 4.74 Å². The van der Waals surface area contributed by atoms with Crippen LogP contribution in [0, 0.1) is 0 Å². The second kappa shape index (κ2) is 4.87. The average Bonchev–Trinajstić information content (AvgIpc) is 2.32. The molecule has 0 bridgehead atoms. The fourth-order valence-electron chi connectivity index (χ4n) is 1.77. The summed E-state index contributed by atoms with van der Waals surface area (Å²) in [5.74, 6) is 1.65. The Morgan fingerprint density at radius 3 is 2.71 bits per heavy atom. The minimum absolute atomic E-state index is 0.151. The van der Waals surface area contributed by atoms with Crippen LogP contribution in [0.25, 0.3) is 0 Å². The number of sulfone groups is 1. The van der Waals surface area contributed by atoms with Crippen molar-refractivity contribution in [1.82, 2.24) is 9.97 Å². The van der Waals surface area contributed by atoms with Crippen LogP contribution in [0.2, 0.25) is 0 Å². The number of anilines is 1. The molecular weight excluding hydrogens is 242 g/mol. The van der Waals surface area contributed by atoms with Gasteiger partial charge in [-0.15, -0.1) is 0 Å². The molecule has 1 aliphatic rings. The molecule has 0 radical (unpaired) electrons. The van der Waals surface area contributed by atoms with Crippen molar-refractivity contribution < 1.29 is 13.2 Å². The SMILES string of the molecule is COc1cc(NC2CCS(=O)(=O)CC2)ncn1. The first kappa shape index (κ1) is 12.1. The molecule has 1 aromatic rings. The lowest BCUT2D eigenvalue weighted by molar-refractivity contribution is 0.397. The lowest BCUT2D eigenvalue weighted by atomic mass is 10.1. The second-order valence-electron chi connectivity index (χ2n) is 4.02. The Morgan fingerprint density at radius 2 is 2.06 bits per heavy atom. The third-order valence-electron chi connectivity index (χ3n) is 2.76. The van der Waals surface area contributed by atoms with Crippen molar-refractivity contribution in [2.45, 2.75) is 18.9 Å². The predicted molar refractivity (Wildman–Crippen MR) is 63.9 cm³/mol. The van der Waals surface area contributed by atoms with Gasteiger partial charge in [-0.2, -0.15) is 0 Å². The highest BCUT2D eigenvalue weighted by Gasteiger charge is 2.23. The third-order valence-corrected chi connectivity index (χ3v) is 4.47. The zero-order chi connectivity index (χ0) is 12.3. The van der Waals surface area contributed by atoms with E-state index >= 15 is 0 Å². The molecule has 2 heterocycles. The first-order valence-corrected chi connectivity index (χ1v) is 7.24. The van der Waals surface area contributed by atoms with Crippen molar-refractivity contribution in [2.24, 2.45) is 0 Å². The van der Waals surface area contributed by atoms with Crippen LogP contribution in [0.3, 0.4) is 0 Å². The molecule has 1 aliphatic heterocycles. The third kappa shape index (κ3) is 3.29. The highest BCUT2D eigenvalue weighted by molar-refractivity contribution is 7.91. The van der Waals surface area contributed by atoms with Gasteiger partial charge in [-0.3, -0.25) is 0 Å². The Bertz CT molecular complexity index is 475. The molecule has 7 heteroatoms. The van der Waals surface area contributed by atoms with Crippen molar-refractivity contribution in [1.29, 1.82) is 0 Å².